The number of ketones is 1. The maximum Gasteiger partial charge on any atom is 0.422 e. The number of hydrogen-bond donors (Lipinski definition) is 0. The summed E-state index contributed by atoms with van der Waals surface area (Å²) in [5.74, 6) is -0.252. The quantitative estimate of drug-likeness (QED) is 0.577. The van der Waals surface area contributed by atoms with Crippen molar-refractivity contribution >= 4 is 35.7 Å². The number of ether oxygens (including phenoxy) is 2. The molecule has 0 bridgehead atoms. The Morgan fingerprint density at radius 1 is 0.879 bits per heavy atom. The Balaban J connectivity index is 2.10. The molecule has 1 fully saturated rings. The van der Waals surface area contributed by atoms with Crippen molar-refractivity contribution in [1.29, 1.82) is 0 Å². The third-order valence-corrected chi connectivity index (χ3v) is 7.48. The average Bonchev–Trinajstić information content (AvgIpc) is 3.20. The van der Waals surface area contributed by atoms with Crippen LogP contribution in [0.2, 0.25) is 0 Å². The first-order valence-corrected chi connectivity index (χ1v) is 11.6. The molecular weight excluding hydrogens is 440 g/mol. The monoisotopic (exact) mass is 466 g/mol. The van der Waals surface area contributed by atoms with Gasteiger partial charge in [0.05, 0.1) is 25.3 Å². The van der Waals surface area contributed by atoms with Gasteiger partial charge in [-0.1, -0.05) is 60.7 Å². The summed E-state index contributed by atoms with van der Waals surface area (Å²) in [4.78, 5) is 40.5. The number of amides is 2. The molecule has 1 heterocycles. The van der Waals surface area contributed by atoms with Gasteiger partial charge in [-0.05, 0) is 44.4 Å². The van der Waals surface area contributed by atoms with E-state index >= 15 is 0 Å². The molecule has 33 heavy (non-hydrogen) atoms. The van der Waals surface area contributed by atoms with E-state index in [1.165, 1.54) is 8.61 Å². The molecule has 0 unspecified atom stereocenters. The molecule has 8 heteroatoms. The molecule has 0 saturated carbocycles. The SMILES string of the molecule is CCOC(=O)N1SN(C(=O)OCC)[C@]2(c3ccccc3)C(c3ccccc3)=C(C)C(=O)[C@]12C. The third kappa shape index (κ3) is 3.08. The molecular formula is C25H26N2O5S. The van der Waals surface area contributed by atoms with Gasteiger partial charge in [-0.3, -0.25) is 4.79 Å². The maximum atomic E-state index is 14.0. The van der Waals surface area contributed by atoms with Crippen LogP contribution in [0.1, 0.15) is 38.8 Å². The van der Waals surface area contributed by atoms with Crippen LogP contribution in [0.5, 0.6) is 0 Å². The van der Waals surface area contributed by atoms with Crippen molar-refractivity contribution in [1.82, 2.24) is 8.61 Å². The van der Waals surface area contributed by atoms with E-state index in [2.05, 4.69) is 0 Å². The van der Waals surface area contributed by atoms with E-state index < -0.39 is 23.3 Å². The Bertz CT molecular complexity index is 1120. The second-order valence-corrected chi connectivity index (χ2v) is 8.81. The molecule has 2 aromatic carbocycles. The average molecular weight is 467 g/mol. The summed E-state index contributed by atoms with van der Waals surface area (Å²) in [6, 6.07) is 18.8. The summed E-state index contributed by atoms with van der Waals surface area (Å²) >= 11 is 0.858. The molecule has 2 atom stereocenters. The fourth-order valence-corrected chi connectivity index (χ4v) is 6.20. The second kappa shape index (κ2) is 8.59. The Morgan fingerprint density at radius 2 is 1.39 bits per heavy atom. The largest absolute Gasteiger partial charge is 0.449 e. The van der Waals surface area contributed by atoms with Crippen molar-refractivity contribution in [3.63, 3.8) is 0 Å². The highest BCUT2D eigenvalue weighted by Crippen LogP contribution is 2.65. The number of benzene rings is 2. The first-order chi connectivity index (χ1) is 15.8. The molecule has 1 saturated heterocycles. The molecule has 172 valence electrons. The molecule has 4 rings (SSSR count). The van der Waals surface area contributed by atoms with E-state index in [1.54, 1.807) is 27.7 Å². The molecule has 2 aromatic rings. The predicted octanol–water partition coefficient (Wildman–Crippen LogP) is 5.19. The van der Waals surface area contributed by atoms with Crippen LogP contribution >= 0.6 is 12.1 Å². The van der Waals surface area contributed by atoms with Crippen molar-refractivity contribution in [3.05, 3.63) is 77.4 Å². The van der Waals surface area contributed by atoms with Crippen LogP contribution in [0.15, 0.2) is 66.2 Å². The number of carbonyl (C=O) groups is 3. The van der Waals surface area contributed by atoms with Gasteiger partial charge in [-0.15, -0.1) is 0 Å². The van der Waals surface area contributed by atoms with Crippen LogP contribution in [0.25, 0.3) is 5.57 Å². The van der Waals surface area contributed by atoms with Crippen LogP contribution in [-0.2, 0) is 19.8 Å². The summed E-state index contributed by atoms with van der Waals surface area (Å²) in [6.45, 7) is 7.14. The molecule has 2 amide bonds. The van der Waals surface area contributed by atoms with Crippen molar-refractivity contribution in [2.24, 2.45) is 0 Å². The van der Waals surface area contributed by atoms with E-state index in [9.17, 15) is 14.4 Å². The first kappa shape index (κ1) is 22.9. The zero-order valence-corrected chi connectivity index (χ0v) is 19.8. The summed E-state index contributed by atoms with van der Waals surface area (Å²) in [6.07, 6.45) is -1.33. The summed E-state index contributed by atoms with van der Waals surface area (Å²) in [5, 5.41) is 0. The Hall–Kier alpha value is -3.26. The number of carbonyl (C=O) groups excluding carboxylic acids is 3. The fraction of sp³-hybridized carbons (Fsp3) is 0.320. The predicted molar refractivity (Wildman–Crippen MR) is 126 cm³/mol. The normalized spacial score (nSPS) is 24.2. The topological polar surface area (TPSA) is 76.2 Å². The van der Waals surface area contributed by atoms with Gasteiger partial charge in [0.1, 0.15) is 5.54 Å². The molecule has 1 aliphatic heterocycles. The highest BCUT2D eigenvalue weighted by atomic mass is 32.2. The Morgan fingerprint density at radius 3 is 1.94 bits per heavy atom. The van der Waals surface area contributed by atoms with Gasteiger partial charge in [0.15, 0.2) is 11.3 Å². The van der Waals surface area contributed by atoms with E-state index in [-0.39, 0.29) is 19.0 Å². The smallest absolute Gasteiger partial charge is 0.422 e. The first-order valence-electron chi connectivity index (χ1n) is 10.8. The lowest BCUT2D eigenvalue weighted by Crippen LogP contribution is -2.60. The summed E-state index contributed by atoms with van der Waals surface area (Å²) < 4.78 is 13.4. The maximum absolute atomic E-state index is 14.0. The van der Waals surface area contributed by atoms with Crippen molar-refractivity contribution in [3.8, 4) is 0 Å². The number of Topliss-reactive ketones (excluding diaryl/α,β-unsaturated/α-hetero) is 1. The van der Waals surface area contributed by atoms with Crippen LogP contribution in [0.3, 0.4) is 0 Å². The van der Waals surface area contributed by atoms with Gasteiger partial charge in [-0.2, -0.15) is 0 Å². The summed E-state index contributed by atoms with van der Waals surface area (Å²) in [5.41, 5.74) is -0.167. The van der Waals surface area contributed by atoms with Crippen LogP contribution in [0, 0.1) is 0 Å². The third-order valence-electron chi connectivity index (χ3n) is 6.22. The van der Waals surface area contributed by atoms with Gasteiger partial charge in [0.2, 0.25) is 0 Å². The van der Waals surface area contributed by atoms with Crippen LogP contribution in [-0.4, -0.2) is 45.3 Å². The van der Waals surface area contributed by atoms with E-state index in [4.69, 9.17) is 9.47 Å². The van der Waals surface area contributed by atoms with Gasteiger partial charge >= 0.3 is 12.2 Å². The standard InChI is InChI=1S/C25H26N2O5S/c1-5-31-22(29)26-24(4)21(28)17(3)20(18-13-9-7-10-14-18)25(24,19-15-11-8-12-16-19)27(33-26)23(30)32-6-2/h7-16H,5-6H2,1-4H3/t24-,25+/m0/s1. The van der Waals surface area contributed by atoms with Crippen molar-refractivity contribution < 1.29 is 23.9 Å². The Kier molecular flexibility index (Phi) is 5.97. The number of fused-ring (bicyclic) bond motifs is 1. The van der Waals surface area contributed by atoms with Gasteiger partial charge in [-0.25, -0.2) is 18.2 Å². The molecule has 1 aliphatic carbocycles. The zero-order chi connectivity index (χ0) is 23.8. The van der Waals surface area contributed by atoms with Gasteiger partial charge in [0.25, 0.3) is 0 Å². The molecule has 2 aliphatic rings. The molecule has 0 spiro atoms. The number of hydrogen-bond acceptors (Lipinski definition) is 6. The highest BCUT2D eigenvalue weighted by Gasteiger charge is 2.75. The molecule has 0 aromatic heterocycles. The Labute approximate surface area is 197 Å². The highest BCUT2D eigenvalue weighted by molar-refractivity contribution is 7.96. The molecule has 0 radical (unpaired) electrons. The van der Waals surface area contributed by atoms with Gasteiger partial charge < -0.3 is 9.47 Å². The molecule has 0 N–H and O–H groups in total. The number of nitrogens with zero attached hydrogens (tertiary/aromatic N) is 2. The number of rotatable bonds is 4. The van der Waals surface area contributed by atoms with Crippen molar-refractivity contribution in [2.45, 2.75) is 38.8 Å². The minimum absolute atomic E-state index is 0.135. The van der Waals surface area contributed by atoms with E-state index in [0.717, 1.165) is 17.7 Å². The lowest BCUT2D eigenvalue weighted by Gasteiger charge is -2.43. The molecule has 7 nitrogen and oxygen atoms in total. The van der Waals surface area contributed by atoms with E-state index in [0.29, 0.717) is 16.7 Å². The minimum atomic E-state index is -1.46. The van der Waals surface area contributed by atoms with Crippen LogP contribution < -0.4 is 0 Å². The summed E-state index contributed by atoms with van der Waals surface area (Å²) in [7, 11) is 0. The van der Waals surface area contributed by atoms with Gasteiger partial charge in [0, 0.05) is 5.57 Å². The second-order valence-electron chi connectivity index (χ2n) is 7.91. The van der Waals surface area contributed by atoms with Crippen molar-refractivity contribution in [2.75, 3.05) is 13.2 Å². The lowest BCUT2D eigenvalue weighted by atomic mass is 9.70. The zero-order valence-electron chi connectivity index (χ0n) is 19.0. The van der Waals surface area contributed by atoms with Crippen LogP contribution in [0.4, 0.5) is 9.59 Å². The fourth-order valence-electron chi connectivity index (χ4n) is 4.92. The minimum Gasteiger partial charge on any atom is -0.449 e. The van der Waals surface area contributed by atoms with E-state index in [1.807, 2.05) is 60.7 Å². The lowest BCUT2D eigenvalue weighted by molar-refractivity contribution is -0.124.